The zero-order valence-corrected chi connectivity index (χ0v) is 16.8. The maximum Gasteiger partial charge on any atom is 0.274 e. The highest BCUT2D eigenvalue weighted by molar-refractivity contribution is 6.30. The Morgan fingerprint density at radius 3 is 2.43 bits per heavy atom. The lowest BCUT2D eigenvalue weighted by molar-refractivity contribution is 0.0767. The first-order valence-electron chi connectivity index (χ1n) is 9.04. The van der Waals surface area contributed by atoms with Crippen molar-refractivity contribution in [3.8, 4) is 5.75 Å². The molecule has 0 aliphatic heterocycles. The summed E-state index contributed by atoms with van der Waals surface area (Å²) in [6.45, 7) is 4.42. The van der Waals surface area contributed by atoms with Gasteiger partial charge in [-0.15, -0.1) is 0 Å². The summed E-state index contributed by atoms with van der Waals surface area (Å²) in [7, 11) is 1.69. The van der Waals surface area contributed by atoms with E-state index >= 15 is 0 Å². The van der Waals surface area contributed by atoms with E-state index in [4.69, 9.17) is 16.3 Å². The maximum atomic E-state index is 13.0. The van der Waals surface area contributed by atoms with Crippen LogP contribution in [0.2, 0.25) is 5.02 Å². The van der Waals surface area contributed by atoms with Crippen LogP contribution in [-0.4, -0.2) is 40.8 Å². The van der Waals surface area contributed by atoms with E-state index in [0.29, 0.717) is 34.7 Å². The van der Waals surface area contributed by atoms with Crippen LogP contribution in [0.5, 0.6) is 5.75 Å². The fourth-order valence-electron chi connectivity index (χ4n) is 2.83. The van der Waals surface area contributed by atoms with Crippen molar-refractivity contribution in [2.75, 3.05) is 20.2 Å². The number of rotatable bonds is 6. The average molecular weight is 400 g/mol. The monoisotopic (exact) mass is 399 g/mol. The fraction of sp³-hybridized carbons (Fsp3) is 0.286. The number of carbonyl (C=O) groups excluding carboxylic acids is 1. The summed E-state index contributed by atoms with van der Waals surface area (Å²) in [4.78, 5) is 27.2. The van der Waals surface area contributed by atoms with Crippen LogP contribution in [0.4, 0.5) is 0 Å². The van der Waals surface area contributed by atoms with Crippen LogP contribution >= 0.6 is 11.6 Å². The molecule has 0 aliphatic rings. The minimum absolute atomic E-state index is 0.151. The van der Waals surface area contributed by atoms with Gasteiger partial charge in [-0.05, 0) is 44.2 Å². The Labute approximate surface area is 168 Å². The summed E-state index contributed by atoms with van der Waals surface area (Å²) in [6.07, 6.45) is 0. The Morgan fingerprint density at radius 1 is 1.14 bits per heavy atom. The van der Waals surface area contributed by atoms with Crippen LogP contribution in [0.1, 0.15) is 30.4 Å². The Hall–Kier alpha value is -2.86. The van der Waals surface area contributed by atoms with Crippen LogP contribution in [0, 0.1) is 0 Å². The van der Waals surface area contributed by atoms with Gasteiger partial charge in [-0.3, -0.25) is 9.59 Å². The Morgan fingerprint density at radius 2 is 1.79 bits per heavy atom. The molecule has 0 saturated carbocycles. The normalized spacial score (nSPS) is 11.0. The van der Waals surface area contributed by atoms with Crippen molar-refractivity contribution in [3.63, 3.8) is 0 Å². The van der Waals surface area contributed by atoms with E-state index in [0.717, 1.165) is 0 Å². The number of amides is 1. The molecule has 0 N–H and O–H groups in total. The van der Waals surface area contributed by atoms with Crippen molar-refractivity contribution in [3.05, 3.63) is 69.6 Å². The highest BCUT2D eigenvalue weighted by Crippen LogP contribution is 2.17. The zero-order chi connectivity index (χ0) is 20.3. The average Bonchev–Trinajstić information content (AvgIpc) is 2.69. The minimum atomic E-state index is -0.259. The third-order valence-electron chi connectivity index (χ3n) is 4.38. The molecule has 28 heavy (non-hydrogen) atoms. The van der Waals surface area contributed by atoms with E-state index < -0.39 is 0 Å². The number of benzene rings is 2. The Kier molecular flexibility index (Phi) is 5.99. The quantitative estimate of drug-likeness (QED) is 0.632. The summed E-state index contributed by atoms with van der Waals surface area (Å²) in [6, 6.07) is 13.9. The third-order valence-corrected chi connectivity index (χ3v) is 4.63. The van der Waals surface area contributed by atoms with Crippen LogP contribution < -0.4 is 10.3 Å². The Bertz CT molecular complexity index is 1040. The zero-order valence-electron chi connectivity index (χ0n) is 16.1. The molecule has 1 amide bonds. The predicted octanol–water partition coefficient (Wildman–Crippen LogP) is 3.78. The number of carbonyl (C=O) groups is 1. The molecular formula is C21H22ClN3O3. The lowest BCUT2D eigenvalue weighted by Gasteiger charge is -2.19. The molecule has 2 aromatic carbocycles. The molecule has 0 saturated heterocycles. The minimum Gasteiger partial charge on any atom is -0.492 e. The molecule has 0 unspecified atom stereocenters. The van der Waals surface area contributed by atoms with E-state index in [1.54, 1.807) is 60.5 Å². The van der Waals surface area contributed by atoms with Crippen LogP contribution in [0.15, 0.2) is 53.3 Å². The maximum absolute atomic E-state index is 13.0. The standard InChI is InChI=1S/C21H22ClN3O3/c1-14(2)25-20(26)18-7-5-4-6-17(18)19(23-25)21(27)24(3)12-13-28-16-10-8-15(22)9-11-16/h4-11,14H,12-13H2,1-3H3. The van der Waals surface area contributed by atoms with Gasteiger partial charge in [0, 0.05) is 17.5 Å². The molecule has 7 heteroatoms. The van der Waals surface area contributed by atoms with Crippen molar-refractivity contribution in [2.45, 2.75) is 19.9 Å². The number of hydrogen-bond acceptors (Lipinski definition) is 4. The fourth-order valence-corrected chi connectivity index (χ4v) is 2.95. The molecule has 0 atom stereocenters. The van der Waals surface area contributed by atoms with Gasteiger partial charge in [0.1, 0.15) is 12.4 Å². The molecule has 146 valence electrons. The highest BCUT2D eigenvalue weighted by atomic mass is 35.5. The van der Waals surface area contributed by atoms with Crippen LogP contribution in [-0.2, 0) is 0 Å². The molecular weight excluding hydrogens is 378 g/mol. The van der Waals surface area contributed by atoms with Crippen molar-refractivity contribution in [1.82, 2.24) is 14.7 Å². The van der Waals surface area contributed by atoms with Crippen LogP contribution in [0.3, 0.4) is 0 Å². The smallest absolute Gasteiger partial charge is 0.274 e. The molecule has 0 bridgehead atoms. The number of hydrogen-bond donors (Lipinski definition) is 0. The van der Waals surface area contributed by atoms with Crippen molar-refractivity contribution in [2.24, 2.45) is 0 Å². The molecule has 0 spiro atoms. The molecule has 3 aromatic rings. The number of likely N-dealkylation sites (N-methyl/N-ethyl adjacent to an activating group) is 1. The van der Waals surface area contributed by atoms with Gasteiger partial charge >= 0.3 is 0 Å². The lowest BCUT2D eigenvalue weighted by Crippen LogP contribution is -2.34. The van der Waals surface area contributed by atoms with E-state index in [1.807, 2.05) is 13.8 Å². The SMILES string of the molecule is CC(C)n1nc(C(=O)N(C)CCOc2ccc(Cl)cc2)c2ccccc2c1=O. The summed E-state index contributed by atoms with van der Waals surface area (Å²) >= 11 is 5.86. The molecule has 1 heterocycles. The van der Waals surface area contributed by atoms with Gasteiger partial charge in [0.25, 0.3) is 11.5 Å². The van der Waals surface area contributed by atoms with E-state index in [1.165, 1.54) is 4.68 Å². The van der Waals surface area contributed by atoms with E-state index in [9.17, 15) is 9.59 Å². The summed E-state index contributed by atoms with van der Waals surface area (Å²) in [5.74, 6) is 0.424. The molecule has 0 aliphatic carbocycles. The molecule has 0 radical (unpaired) electrons. The van der Waals surface area contributed by atoms with Gasteiger partial charge in [0.15, 0.2) is 5.69 Å². The second kappa shape index (κ2) is 8.44. The van der Waals surface area contributed by atoms with Gasteiger partial charge in [-0.1, -0.05) is 29.8 Å². The first-order chi connectivity index (χ1) is 13.4. The highest BCUT2D eigenvalue weighted by Gasteiger charge is 2.20. The summed E-state index contributed by atoms with van der Waals surface area (Å²) in [5, 5.41) is 6.03. The molecule has 1 aromatic heterocycles. The van der Waals surface area contributed by atoms with Gasteiger partial charge in [0.05, 0.1) is 18.0 Å². The summed E-state index contributed by atoms with van der Waals surface area (Å²) < 4.78 is 7.01. The summed E-state index contributed by atoms with van der Waals surface area (Å²) in [5.41, 5.74) is 0.0637. The molecule has 3 rings (SSSR count). The molecule has 6 nitrogen and oxygen atoms in total. The largest absolute Gasteiger partial charge is 0.492 e. The van der Waals surface area contributed by atoms with Gasteiger partial charge in [-0.25, -0.2) is 4.68 Å². The second-order valence-electron chi connectivity index (χ2n) is 6.77. The first kappa shape index (κ1) is 19.9. The number of halogens is 1. The van der Waals surface area contributed by atoms with E-state index in [2.05, 4.69) is 5.10 Å². The van der Waals surface area contributed by atoms with Crippen LogP contribution in [0.25, 0.3) is 10.8 Å². The molecule has 0 fully saturated rings. The van der Waals surface area contributed by atoms with Crippen molar-refractivity contribution >= 4 is 28.3 Å². The number of nitrogens with zero attached hydrogens (tertiary/aromatic N) is 3. The number of fused-ring (bicyclic) bond motifs is 1. The third kappa shape index (κ3) is 4.17. The van der Waals surface area contributed by atoms with Crippen molar-refractivity contribution < 1.29 is 9.53 Å². The lowest BCUT2D eigenvalue weighted by atomic mass is 10.1. The van der Waals surface area contributed by atoms with Gasteiger partial charge in [-0.2, -0.15) is 5.10 Å². The van der Waals surface area contributed by atoms with Crippen molar-refractivity contribution in [1.29, 1.82) is 0 Å². The van der Waals surface area contributed by atoms with E-state index in [-0.39, 0.29) is 23.2 Å². The van der Waals surface area contributed by atoms with Gasteiger partial charge in [0.2, 0.25) is 0 Å². The number of aromatic nitrogens is 2. The second-order valence-corrected chi connectivity index (χ2v) is 7.20. The topological polar surface area (TPSA) is 64.4 Å². The van der Waals surface area contributed by atoms with Gasteiger partial charge < -0.3 is 9.64 Å². The number of ether oxygens (including phenoxy) is 1. The predicted molar refractivity (Wildman–Crippen MR) is 110 cm³/mol. The first-order valence-corrected chi connectivity index (χ1v) is 9.41. The Balaban J connectivity index is 1.81.